The molecule has 1 aromatic carbocycles. The third-order valence-corrected chi connectivity index (χ3v) is 5.75. The number of rotatable bonds is 6. The van der Waals surface area contributed by atoms with E-state index in [9.17, 15) is 14.4 Å². The average molecular weight is 442 g/mol. The number of carbonyl (C=O) groups is 2. The van der Waals surface area contributed by atoms with E-state index in [1.165, 1.54) is 17.5 Å². The summed E-state index contributed by atoms with van der Waals surface area (Å²) in [4.78, 5) is 42.9. The molecule has 0 fully saturated rings. The normalized spacial score (nSPS) is 13.4. The van der Waals surface area contributed by atoms with Crippen LogP contribution >= 0.6 is 11.3 Å². The van der Waals surface area contributed by atoms with Crippen molar-refractivity contribution in [3.8, 4) is 11.5 Å². The summed E-state index contributed by atoms with van der Waals surface area (Å²) < 4.78 is 12.6. The zero-order valence-corrected chi connectivity index (χ0v) is 18.1. The van der Waals surface area contributed by atoms with Crippen LogP contribution in [0.5, 0.6) is 11.5 Å². The molecular formula is C21H22N4O5S. The second-order valence-electron chi connectivity index (χ2n) is 7.40. The molecular weight excluding hydrogens is 420 g/mol. The van der Waals surface area contributed by atoms with Crippen molar-refractivity contribution in [1.29, 1.82) is 0 Å². The molecule has 2 N–H and O–H groups in total. The van der Waals surface area contributed by atoms with Gasteiger partial charge in [0.25, 0.3) is 5.91 Å². The molecule has 1 atom stereocenters. The van der Waals surface area contributed by atoms with E-state index in [0.29, 0.717) is 34.1 Å². The van der Waals surface area contributed by atoms with Crippen LogP contribution in [0.4, 0.5) is 5.13 Å². The van der Waals surface area contributed by atoms with E-state index in [0.717, 1.165) is 0 Å². The molecule has 31 heavy (non-hydrogen) atoms. The molecule has 3 heterocycles. The second kappa shape index (κ2) is 8.38. The van der Waals surface area contributed by atoms with Gasteiger partial charge in [-0.15, -0.1) is 11.3 Å². The number of carbonyl (C=O) groups excluding carboxylic acids is 2. The third-order valence-electron chi connectivity index (χ3n) is 5.06. The van der Waals surface area contributed by atoms with E-state index in [2.05, 4.69) is 15.6 Å². The second-order valence-corrected chi connectivity index (χ2v) is 8.30. The molecule has 1 aliphatic rings. The lowest BCUT2D eigenvalue weighted by molar-refractivity contribution is -0.118. The first-order chi connectivity index (χ1) is 14.9. The van der Waals surface area contributed by atoms with Gasteiger partial charge >= 0.3 is 0 Å². The molecule has 0 unspecified atom stereocenters. The summed E-state index contributed by atoms with van der Waals surface area (Å²) in [5.74, 6) is -0.178. The lowest BCUT2D eigenvalue weighted by Crippen LogP contribution is -2.48. The number of fused-ring (bicyclic) bond motifs is 2. The summed E-state index contributed by atoms with van der Waals surface area (Å²) in [5.41, 5.74) is 0.175. The van der Waals surface area contributed by atoms with Crippen LogP contribution in [0, 0.1) is 5.92 Å². The van der Waals surface area contributed by atoms with Crippen molar-refractivity contribution in [3.63, 3.8) is 0 Å². The van der Waals surface area contributed by atoms with Crippen LogP contribution in [0.25, 0.3) is 10.9 Å². The number of ether oxygens (including phenoxy) is 2. The zero-order valence-electron chi connectivity index (χ0n) is 17.3. The number of nitrogens with one attached hydrogen (secondary N) is 2. The van der Waals surface area contributed by atoms with Crippen molar-refractivity contribution in [1.82, 2.24) is 14.9 Å². The highest BCUT2D eigenvalue weighted by Gasteiger charge is 2.27. The van der Waals surface area contributed by atoms with Crippen molar-refractivity contribution >= 4 is 39.2 Å². The highest BCUT2D eigenvalue weighted by molar-refractivity contribution is 7.13. The van der Waals surface area contributed by atoms with Gasteiger partial charge in [-0.3, -0.25) is 14.4 Å². The van der Waals surface area contributed by atoms with Gasteiger partial charge in [0, 0.05) is 30.4 Å². The largest absolute Gasteiger partial charge is 0.454 e. The van der Waals surface area contributed by atoms with Gasteiger partial charge in [-0.1, -0.05) is 13.8 Å². The molecule has 0 saturated heterocycles. The van der Waals surface area contributed by atoms with E-state index in [4.69, 9.17) is 9.47 Å². The van der Waals surface area contributed by atoms with Gasteiger partial charge in [0.05, 0.1) is 10.9 Å². The Hall–Kier alpha value is -3.40. The molecule has 1 aliphatic heterocycles. The summed E-state index contributed by atoms with van der Waals surface area (Å²) in [7, 11) is 0. The van der Waals surface area contributed by atoms with Crippen LogP contribution in [0.2, 0.25) is 0 Å². The number of hydrogen-bond donors (Lipinski definition) is 2. The third kappa shape index (κ3) is 3.98. The number of amides is 2. The first kappa shape index (κ1) is 20.9. The van der Waals surface area contributed by atoms with Crippen molar-refractivity contribution in [2.24, 2.45) is 5.92 Å². The van der Waals surface area contributed by atoms with Gasteiger partial charge in [0.1, 0.15) is 11.6 Å². The fourth-order valence-corrected chi connectivity index (χ4v) is 3.96. The highest BCUT2D eigenvalue weighted by Crippen LogP contribution is 2.35. The van der Waals surface area contributed by atoms with Crippen LogP contribution in [-0.2, 0) is 11.3 Å². The van der Waals surface area contributed by atoms with Crippen molar-refractivity contribution < 1.29 is 19.1 Å². The SMILES string of the molecule is CCn1cc(C(=O)N[C@H](C(=O)Nc2nccs2)C(C)C)c(=O)c2cc3c(cc21)OCO3. The molecule has 0 radical (unpaired) electrons. The molecule has 0 bridgehead atoms. The Morgan fingerprint density at radius 2 is 2.00 bits per heavy atom. The molecule has 0 spiro atoms. The van der Waals surface area contributed by atoms with Gasteiger partial charge in [-0.25, -0.2) is 4.98 Å². The van der Waals surface area contributed by atoms with Gasteiger partial charge in [-0.05, 0) is 18.9 Å². The highest BCUT2D eigenvalue weighted by atomic mass is 32.1. The van der Waals surface area contributed by atoms with Crippen molar-refractivity contribution in [3.05, 3.63) is 45.7 Å². The number of thiazole rings is 1. The maximum Gasteiger partial charge on any atom is 0.257 e. The summed E-state index contributed by atoms with van der Waals surface area (Å²) in [6.45, 7) is 6.17. The van der Waals surface area contributed by atoms with Crippen molar-refractivity contribution in [2.45, 2.75) is 33.4 Å². The minimum absolute atomic E-state index is 0.0408. The fraction of sp³-hybridized carbons (Fsp3) is 0.333. The summed E-state index contributed by atoms with van der Waals surface area (Å²) in [6.07, 6.45) is 3.09. The predicted octanol–water partition coefficient (Wildman–Crippen LogP) is 2.60. The van der Waals surface area contributed by atoms with E-state index in [1.807, 2.05) is 20.8 Å². The average Bonchev–Trinajstić information content (AvgIpc) is 3.42. The van der Waals surface area contributed by atoms with E-state index in [-0.39, 0.29) is 18.3 Å². The number of aryl methyl sites for hydroxylation is 1. The van der Waals surface area contributed by atoms with Gasteiger partial charge < -0.3 is 24.7 Å². The number of benzene rings is 1. The summed E-state index contributed by atoms with van der Waals surface area (Å²) >= 11 is 1.28. The summed E-state index contributed by atoms with van der Waals surface area (Å²) in [6, 6.07) is 2.50. The maximum absolute atomic E-state index is 13.1. The Morgan fingerprint density at radius 3 is 2.65 bits per heavy atom. The number of pyridine rings is 1. The number of anilines is 1. The lowest BCUT2D eigenvalue weighted by Gasteiger charge is -2.21. The van der Waals surface area contributed by atoms with Crippen LogP contribution in [0.3, 0.4) is 0 Å². The Kier molecular flexibility index (Phi) is 5.64. The molecule has 2 amide bonds. The van der Waals surface area contributed by atoms with Crippen LogP contribution in [0.1, 0.15) is 31.1 Å². The molecule has 0 saturated carbocycles. The smallest absolute Gasteiger partial charge is 0.257 e. The Labute approximate surface area is 182 Å². The maximum atomic E-state index is 13.1. The molecule has 10 heteroatoms. The standard InChI is InChI=1S/C21H22N4O5S/c1-4-25-9-13(18(26)12-7-15-16(8-14(12)25)30-10-29-15)19(27)23-17(11(2)3)20(28)24-21-22-5-6-31-21/h5-9,11,17H,4,10H2,1-3H3,(H,23,27)(H,22,24,28)/t17-/m0/s1. The van der Waals surface area contributed by atoms with E-state index in [1.54, 1.807) is 28.3 Å². The van der Waals surface area contributed by atoms with Crippen LogP contribution in [0.15, 0.2) is 34.7 Å². The van der Waals surface area contributed by atoms with Gasteiger partial charge in [0.2, 0.25) is 18.1 Å². The van der Waals surface area contributed by atoms with Crippen molar-refractivity contribution in [2.75, 3.05) is 12.1 Å². The number of hydrogen-bond acceptors (Lipinski definition) is 7. The molecule has 4 rings (SSSR count). The van der Waals surface area contributed by atoms with E-state index >= 15 is 0 Å². The molecule has 3 aromatic rings. The quantitative estimate of drug-likeness (QED) is 0.607. The Morgan fingerprint density at radius 1 is 1.26 bits per heavy atom. The molecule has 9 nitrogen and oxygen atoms in total. The van der Waals surface area contributed by atoms with Gasteiger partial charge in [-0.2, -0.15) is 0 Å². The fourth-order valence-electron chi connectivity index (χ4n) is 3.43. The van der Waals surface area contributed by atoms with Gasteiger partial charge in [0.15, 0.2) is 16.6 Å². The number of aromatic nitrogens is 2. The minimum Gasteiger partial charge on any atom is -0.454 e. The Bertz CT molecular complexity index is 1200. The Balaban J connectivity index is 1.67. The topological polar surface area (TPSA) is 112 Å². The first-order valence-corrected chi connectivity index (χ1v) is 10.7. The van der Waals surface area contributed by atoms with Crippen LogP contribution in [-0.4, -0.2) is 34.2 Å². The molecule has 162 valence electrons. The molecule has 0 aliphatic carbocycles. The minimum atomic E-state index is -0.835. The lowest BCUT2D eigenvalue weighted by atomic mass is 10.0. The monoisotopic (exact) mass is 442 g/mol. The predicted molar refractivity (Wildman–Crippen MR) is 117 cm³/mol. The zero-order chi connectivity index (χ0) is 22.1. The van der Waals surface area contributed by atoms with E-state index < -0.39 is 23.3 Å². The first-order valence-electron chi connectivity index (χ1n) is 9.87. The molecule has 2 aromatic heterocycles. The summed E-state index contributed by atoms with van der Waals surface area (Å²) in [5, 5.41) is 7.95. The van der Waals surface area contributed by atoms with Crippen LogP contribution < -0.4 is 25.5 Å². The number of nitrogens with zero attached hydrogens (tertiary/aromatic N) is 2.